The SMILES string of the molecule is COCCNCc1cccc(F)c1Sc1nccs1. The normalized spacial score (nSPS) is 10.8. The molecule has 0 aliphatic carbocycles. The van der Waals surface area contributed by atoms with Crippen LogP contribution in [-0.2, 0) is 11.3 Å². The van der Waals surface area contributed by atoms with Crippen LogP contribution in [0.5, 0.6) is 0 Å². The smallest absolute Gasteiger partial charge is 0.154 e. The van der Waals surface area contributed by atoms with E-state index in [2.05, 4.69) is 10.3 Å². The highest BCUT2D eigenvalue weighted by Gasteiger charge is 2.11. The van der Waals surface area contributed by atoms with E-state index in [4.69, 9.17) is 4.74 Å². The van der Waals surface area contributed by atoms with Crippen molar-refractivity contribution in [2.24, 2.45) is 0 Å². The summed E-state index contributed by atoms with van der Waals surface area (Å²) in [5.41, 5.74) is 0.941. The number of methoxy groups -OCH3 is 1. The van der Waals surface area contributed by atoms with E-state index in [1.165, 1.54) is 29.2 Å². The van der Waals surface area contributed by atoms with Gasteiger partial charge in [0, 0.05) is 31.8 Å². The van der Waals surface area contributed by atoms with Crippen molar-refractivity contribution >= 4 is 23.1 Å². The molecule has 0 fully saturated rings. The molecule has 6 heteroatoms. The Morgan fingerprint density at radius 2 is 2.37 bits per heavy atom. The molecule has 0 aliphatic heterocycles. The molecule has 0 spiro atoms. The molecule has 0 saturated heterocycles. The van der Waals surface area contributed by atoms with Gasteiger partial charge in [-0.25, -0.2) is 9.37 Å². The molecule has 1 N–H and O–H groups in total. The summed E-state index contributed by atoms with van der Waals surface area (Å²) >= 11 is 2.88. The Hall–Kier alpha value is -0.950. The molecule has 0 saturated carbocycles. The summed E-state index contributed by atoms with van der Waals surface area (Å²) in [7, 11) is 1.66. The Balaban J connectivity index is 2.07. The average molecular weight is 298 g/mol. The summed E-state index contributed by atoms with van der Waals surface area (Å²) < 4.78 is 19.7. The third kappa shape index (κ3) is 4.28. The predicted octanol–water partition coefficient (Wildman–Crippen LogP) is 3.17. The third-order valence-corrected chi connectivity index (χ3v) is 4.49. The van der Waals surface area contributed by atoms with Crippen LogP contribution in [0.1, 0.15) is 5.56 Å². The molecule has 1 aromatic heterocycles. The molecule has 1 heterocycles. The molecule has 0 aliphatic rings. The van der Waals surface area contributed by atoms with Gasteiger partial charge in [0.05, 0.1) is 11.5 Å². The standard InChI is InChI=1S/C13H15FN2OS2/c1-17-7-5-15-9-10-3-2-4-11(14)12(10)19-13-16-6-8-18-13/h2-4,6,8,15H,5,7,9H2,1H3. The largest absolute Gasteiger partial charge is 0.383 e. The first-order valence-corrected chi connectivity index (χ1v) is 7.55. The van der Waals surface area contributed by atoms with Crippen LogP contribution in [-0.4, -0.2) is 25.2 Å². The zero-order valence-corrected chi connectivity index (χ0v) is 12.2. The molecule has 2 aromatic rings. The van der Waals surface area contributed by atoms with Crippen LogP contribution in [0.2, 0.25) is 0 Å². The molecule has 3 nitrogen and oxygen atoms in total. The molecular weight excluding hydrogens is 283 g/mol. The molecular formula is C13H15FN2OS2. The number of hydrogen-bond acceptors (Lipinski definition) is 5. The Labute approximate surface area is 120 Å². The first-order valence-electron chi connectivity index (χ1n) is 5.85. The number of hydrogen-bond donors (Lipinski definition) is 1. The molecule has 0 atom stereocenters. The molecule has 19 heavy (non-hydrogen) atoms. The van der Waals surface area contributed by atoms with Gasteiger partial charge < -0.3 is 10.1 Å². The number of aromatic nitrogens is 1. The van der Waals surface area contributed by atoms with Crippen LogP contribution in [0.25, 0.3) is 0 Å². The average Bonchev–Trinajstić information content (AvgIpc) is 2.91. The van der Waals surface area contributed by atoms with Gasteiger partial charge in [0.25, 0.3) is 0 Å². The topological polar surface area (TPSA) is 34.1 Å². The number of benzene rings is 1. The van der Waals surface area contributed by atoms with Gasteiger partial charge >= 0.3 is 0 Å². The quantitative estimate of drug-likeness (QED) is 0.796. The van der Waals surface area contributed by atoms with Crippen LogP contribution in [0.15, 0.2) is 39.0 Å². The summed E-state index contributed by atoms with van der Waals surface area (Å²) in [6, 6.07) is 5.14. The second kappa shape index (κ2) is 7.59. The van der Waals surface area contributed by atoms with Crippen molar-refractivity contribution < 1.29 is 9.13 Å². The van der Waals surface area contributed by atoms with Crippen molar-refractivity contribution in [1.82, 2.24) is 10.3 Å². The van der Waals surface area contributed by atoms with E-state index in [-0.39, 0.29) is 5.82 Å². The fourth-order valence-corrected chi connectivity index (χ4v) is 3.25. The van der Waals surface area contributed by atoms with E-state index in [0.717, 1.165) is 16.4 Å². The Morgan fingerprint density at radius 3 is 3.11 bits per heavy atom. The lowest BCUT2D eigenvalue weighted by atomic mass is 10.2. The van der Waals surface area contributed by atoms with Crippen molar-refractivity contribution in [3.05, 3.63) is 41.2 Å². The lowest BCUT2D eigenvalue weighted by molar-refractivity contribution is 0.199. The molecule has 0 radical (unpaired) electrons. The van der Waals surface area contributed by atoms with Gasteiger partial charge in [0.15, 0.2) is 4.34 Å². The highest BCUT2D eigenvalue weighted by Crippen LogP contribution is 2.33. The van der Waals surface area contributed by atoms with Crippen LogP contribution >= 0.6 is 23.1 Å². The minimum Gasteiger partial charge on any atom is -0.383 e. The molecule has 1 aromatic carbocycles. The van der Waals surface area contributed by atoms with E-state index in [0.29, 0.717) is 18.0 Å². The molecule has 0 bridgehead atoms. The lowest BCUT2D eigenvalue weighted by Crippen LogP contribution is -2.19. The number of nitrogens with zero attached hydrogens (tertiary/aromatic N) is 1. The maximum Gasteiger partial charge on any atom is 0.154 e. The van der Waals surface area contributed by atoms with Gasteiger partial charge in [-0.2, -0.15) is 0 Å². The first kappa shape index (κ1) is 14.5. The summed E-state index contributed by atoms with van der Waals surface area (Å²) in [6.07, 6.45) is 1.73. The number of halogens is 1. The zero-order chi connectivity index (χ0) is 13.5. The summed E-state index contributed by atoms with van der Waals surface area (Å²) in [6.45, 7) is 2.01. The highest BCUT2D eigenvalue weighted by atomic mass is 32.2. The number of rotatable bonds is 7. The van der Waals surface area contributed by atoms with Crippen LogP contribution in [0.4, 0.5) is 4.39 Å². The Kier molecular flexibility index (Phi) is 5.78. The zero-order valence-electron chi connectivity index (χ0n) is 10.6. The van der Waals surface area contributed by atoms with Crippen molar-refractivity contribution in [1.29, 1.82) is 0 Å². The van der Waals surface area contributed by atoms with Crippen LogP contribution < -0.4 is 5.32 Å². The highest BCUT2D eigenvalue weighted by molar-refractivity contribution is 8.01. The van der Waals surface area contributed by atoms with Gasteiger partial charge in [-0.1, -0.05) is 23.9 Å². The minimum atomic E-state index is -0.203. The van der Waals surface area contributed by atoms with E-state index in [1.807, 2.05) is 11.4 Å². The Bertz CT molecular complexity index is 505. The number of ether oxygens (including phenoxy) is 1. The molecule has 2 rings (SSSR count). The summed E-state index contributed by atoms with van der Waals surface area (Å²) in [5, 5.41) is 5.12. The first-order chi connectivity index (χ1) is 9.31. The van der Waals surface area contributed by atoms with E-state index >= 15 is 0 Å². The summed E-state index contributed by atoms with van der Waals surface area (Å²) in [5.74, 6) is -0.203. The van der Waals surface area contributed by atoms with Gasteiger partial charge in [0.2, 0.25) is 0 Å². The maximum absolute atomic E-state index is 13.9. The molecule has 102 valence electrons. The second-order valence-corrected chi connectivity index (χ2v) is 5.95. The van der Waals surface area contributed by atoms with Gasteiger partial charge in [-0.15, -0.1) is 11.3 Å². The van der Waals surface area contributed by atoms with Crippen LogP contribution in [0.3, 0.4) is 0 Å². The van der Waals surface area contributed by atoms with E-state index in [1.54, 1.807) is 19.4 Å². The second-order valence-electron chi connectivity index (χ2n) is 3.80. The fraction of sp³-hybridized carbons (Fsp3) is 0.308. The van der Waals surface area contributed by atoms with Crippen molar-refractivity contribution in [2.45, 2.75) is 15.8 Å². The van der Waals surface area contributed by atoms with Crippen molar-refractivity contribution in [2.75, 3.05) is 20.3 Å². The predicted molar refractivity (Wildman–Crippen MR) is 76.2 cm³/mol. The summed E-state index contributed by atoms with van der Waals surface area (Å²) in [4.78, 5) is 4.82. The lowest BCUT2D eigenvalue weighted by Gasteiger charge is -2.10. The van der Waals surface area contributed by atoms with Crippen molar-refractivity contribution in [3.8, 4) is 0 Å². The van der Waals surface area contributed by atoms with E-state index in [9.17, 15) is 4.39 Å². The van der Waals surface area contributed by atoms with Crippen LogP contribution in [0, 0.1) is 5.82 Å². The maximum atomic E-state index is 13.9. The number of nitrogens with one attached hydrogen (secondary N) is 1. The Morgan fingerprint density at radius 1 is 1.47 bits per heavy atom. The van der Waals surface area contributed by atoms with Crippen molar-refractivity contribution in [3.63, 3.8) is 0 Å². The van der Waals surface area contributed by atoms with Gasteiger partial charge in [-0.3, -0.25) is 0 Å². The third-order valence-electron chi connectivity index (χ3n) is 2.45. The molecule has 0 amide bonds. The monoisotopic (exact) mass is 298 g/mol. The van der Waals surface area contributed by atoms with E-state index < -0.39 is 0 Å². The van der Waals surface area contributed by atoms with Gasteiger partial charge in [-0.05, 0) is 11.6 Å². The fourth-order valence-electron chi connectivity index (χ4n) is 1.55. The van der Waals surface area contributed by atoms with Gasteiger partial charge in [0.1, 0.15) is 5.82 Å². The minimum absolute atomic E-state index is 0.203. The number of thiazole rings is 1. The molecule has 0 unspecified atom stereocenters.